The number of ketones is 1. The van der Waals surface area contributed by atoms with E-state index in [1.165, 1.54) is 24.1 Å². The van der Waals surface area contributed by atoms with E-state index >= 15 is 0 Å². The molecule has 1 N–H and O–H groups in total. The van der Waals surface area contributed by atoms with Gasteiger partial charge in [-0.3, -0.25) is 19.3 Å². The fraction of sp³-hybridized carbons (Fsp3) is 0.333. The number of Topliss-reactive ketones (excluding diaryl/α,β-unsaturated/α-hetero) is 1. The van der Waals surface area contributed by atoms with Crippen LogP contribution in [-0.2, 0) is 22.2 Å². The van der Waals surface area contributed by atoms with Gasteiger partial charge in [0.1, 0.15) is 12.6 Å². The topological polar surface area (TPSA) is 126 Å². The molecule has 1 aliphatic heterocycles. The van der Waals surface area contributed by atoms with E-state index in [4.69, 9.17) is 4.52 Å². The largest absolute Gasteiger partial charge is 0.416 e. The Balaban J connectivity index is 1.43. The lowest BCUT2D eigenvalue weighted by atomic mass is 9.99. The van der Waals surface area contributed by atoms with Gasteiger partial charge < -0.3 is 14.7 Å². The summed E-state index contributed by atoms with van der Waals surface area (Å²) in [4.78, 5) is 57.8. The first-order chi connectivity index (χ1) is 18.9. The Kier molecular flexibility index (Phi) is 8.03. The summed E-state index contributed by atoms with van der Waals surface area (Å²) < 4.78 is 44.1. The SMILES string of the molecule is CC(C)[C@H](NC(=O)CN1C(=O)C(c2ccccc2)N(C)C1=O)C(=O)c1noc(Cc2cccc(C(F)(F)F)c2)n1. The molecule has 3 aromatic rings. The van der Waals surface area contributed by atoms with Gasteiger partial charge in [-0.25, -0.2) is 4.79 Å². The van der Waals surface area contributed by atoms with Crippen LogP contribution in [0.15, 0.2) is 59.1 Å². The summed E-state index contributed by atoms with van der Waals surface area (Å²) in [5.74, 6) is -2.90. The Morgan fingerprint density at radius 2 is 1.77 bits per heavy atom. The zero-order chi connectivity index (χ0) is 29.2. The molecule has 10 nitrogen and oxygen atoms in total. The highest BCUT2D eigenvalue weighted by Crippen LogP contribution is 2.30. The Bertz CT molecular complexity index is 1420. The summed E-state index contributed by atoms with van der Waals surface area (Å²) in [6, 6.07) is 10.6. The number of halogens is 3. The van der Waals surface area contributed by atoms with Gasteiger partial charge in [0.25, 0.3) is 5.91 Å². The summed E-state index contributed by atoms with van der Waals surface area (Å²) in [6.45, 7) is 2.73. The summed E-state index contributed by atoms with van der Waals surface area (Å²) >= 11 is 0. The van der Waals surface area contributed by atoms with E-state index in [0.717, 1.165) is 17.0 Å². The number of imide groups is 1. The highest BCUT2D eigenvalue weighted by molar-refractivity contribution is 6.07. The van der Waals surface area contributed by atoms with Crippen LogP contribution in [-0.4, -0.2) is 63.2 Å². The number of hydrogen-bond acceptors (Lipinski definition) is 7. The quantitative estimate of drug-likeness (QED) is 0.315. The van der Waals surface area contributed by atoms with Crippen LogP contribution < -0.4 is 5.32 Å². The lowest BCUT2D eigenvalue weighted by Gasteiger charge is -2.21. The molecule has 0 radical (unpaired) electrons. The van der Waals surface area contributed by atoms with Gasteiger partial charge in [0, 0.05) is 7.05 Å². The summed E-state index contributed by atoms with van der Waals surface area (Å²) in [5, 5.41) is 6.18. The van der Waals surface area contributed by atoms with Crippen LogP contribution in [0.4, 0.5) is 18.0 Å². The van der Waals surface area contributed by atoms with Crippen molar-refractivity contribution in [2.24, 2.45) is 5.92 Å². The van der Waals surface area contributed by atoms with E-state index < -0.39 is 59.9 Å². The lowest BCUT2D eigenvalue weighted by Crippen LogP contribution is -2.49. The Hall–Kier alpha value is -4.55. The Morgan fingerprint density at radius 3 is 2.42 bits per heavy atom. The lowest BCUT2D eigenvalue weighted by molar-refractivity contribution is -0.137. The van der Waals surface area contributed by atoms with Gasteiger partial charge in [-0.1, -0.05) is 67.5 Å². The average molecular weight is 558 g/mol. The molecular formula is C27H26F3N5O5. The number of carbonyl (C=O) groups excluding carboxylic acids is 4. The monoisotopic (exact) mass is 557 g/mol. The summed E-state index contributed by atoms with van der Waals surface area (Å²) in [7, 11) is 1.46. The maximum absolute atomic E-state index is 13.1. The standard InChI is InChI=1S/C27H26F3N5O5/c1-15(2)21(23(37)24-32-20(40-33-24)13-16-8-7-11-18(12-16)27(28,29)30)31-19(36)14-35-25(38)22(34(3)26(35)39)17-9-5-4-6-10-17/h4-12,15,21-22H,13-14H2,1-3H3,(H,31,36)/t21-,22?/m0/s1. The van der Waals surface area contributed by atoms with Crippen molar-refractivity contribution in [1.29, 1.82) is 0 Å². The molecule has 1 aromatic heterocycles. The van der Waals surface area contributed by atoms with E-state index in [2.05, 4.69) is 15.5 Å². The van der Waals surface area contributed by atoms with Gasteiger partial charge in [0.2, 0.25) is 23.4 Å². The van der Waals surface area contributed by atoms with Crippen molar-refractivity contribution < 1.29 is 36.9 Å². The van der Waals surface area contributed by atoms with Gasteiger partial charge in [0.05, 0.1) is 18.0 Å². The first-order valence-electron chi connectivity index (χ1n) is 12.3. The molecule has 2 aromatic carbocycles. The van der Waals surface area contributed by atoms with E-state index in [1.54, 1.807) is 44.2 Å². The fourth-order valence-corrected chi connectivity index (χ4v) is 4.35. The molecule has 4 amide bonds. The number of aromatic nitrogens is 2. The molecule has 4 rings (SSSR count). The minimum absolute atomic E-state index is 0.0836. The highest BCUT2D eigenvalue weighted by Gasteiger charge is 2.45. The molecular weight excluding hydrogens is 531 g/mol. The molecule has 1 unspecified atom stereocenters. The Labute approximate surface area is 227 Å². The third kappa shape index (κ3) is 6.03. The number of hydrogen-bond donors (Lipinski definition) is 1. The van der Waals surface area contributed by atoms with E-state index in [-0.39, 0.29) is 23.7 Å². The number of rotatable bonds is 9. The van der Waals surface area contributed by atoms with E-state index in [0.29, 0.717) is 5.56 Å². The smallest absolute Gasteiger partial charge is 0.344 e. The van der Waals surface area contributed by atoms with Crippen molar-refractivity contribution in [1.82, 2.24) is 25.3 Å². The van der Waals surface area contributed by atoms with Crippen LogP contribution in [0.5, 0.6) is 0 Å². The molecule has 2 heterocycles. The Morgan fingerprint density at radius 1 is 1.07 bits per heavy atom. The van der Waals surface area contributed by atoms with Gasteiger partial charge in [0.15, 0.2) is 0 Å². The van der Waals surface area contributed by atoms with E-state index in [9.17, 15) is 32.3 Å². The number of carbonyl (C=O) groups is 4. The molecule has 2 atom stereocenters. The molecule has 1 saturated heterocycles. The second-order valence-corrected chi connectivity index (χ2v) is 9.67. The minimum atomic E-state index is -4.52. The molecule has 210 valence electrons. The number of amides is 4. The van der Waals surface area contributed by atoms with Gasteiger partial charge in [-0.05, 0) is 23.1 Å². The molecule has 40 heavy (non-hydrogen) atoms. The van der Waals surface area contributed by atoms with Crippen molar-refractivity contribution in [2.45, 2.75) is 38.5 Å². The van der Waals surface area contributed by atoms with Crippen LogP contribution >= 0.6 is 0 Å². The number of alkyl halides is 3. The normalized spacial score (nSPS) is 16.5. The van der Waals surface area contributed by atoms with Crippen molar-refractivity contribution in [2.75, 3.05) is 13.6 Å². The number of likely N-dealkylation sites (N-methyl/N-ethyl adjacent to an activating group) is 1. The third-order valence-corrected chi connectivity index (χ3v) is 6.40. The second kappa shape index (κ2) is 11.3. The maximum Gasteiger partial charge on any atom is 0.416 e. The van der Waals surface area contributed by atoms with Gasteiger partial charge >= 0.3 is 12.2 Å². The highest BCUT2D eigenvalue weighted by atomic mass is 19.4. The number of nitrogens with one attached hydrogen (secondary N) is 1. The zero-order valence-electron chi connectivity index (χ0n) is 21.8. The van der Waals surface area contributed by atoms with Crippen molar-refractivity contribution >= 4 is 23.6 Å². The molecule has 0 aliphatic carbocycles. The second-order valence-electron chi connectivity index (χ2n) is 9.67. The minimum Gasteiger partial charge on any atom is -0.344 e. The van der Waals surface area contributed by atoms with Crippen LogP contribution in [0.2, 0.25) is 0 Å². The number of benzene rings is 2. The average Bonchev–Trinajstić information content (AvgIpc) is 3.45. The number of nitrogens with zero attached hydrogens (tertiary/aromatic N) is 4. The number of urea groups is 1. The van der Waals surface area contributed by atoms with Gasteiger partial charge in [-0.2, -0.15) is 18.2 Å². The van der Waals surface area contributed by atoms with Crippen molar-refractivity contribution in [3.63, 3.8) is 0 Å². The summed E-state index contributed by atoms with van der Waals surface area (Å²) in [5.41, 5.74) is 0.0177. The predicted molar refractivity (Wildman–Crippen MR) is 134 cm³/mol. The molecule has 1 aliphatic rings. The molecule has 0 bridgehead atoms. The van der Waals surface area contributed by atoms with Crippen LogP contribution in [0.25, 0.3) is 0 Å². The molecule has 0 spiro atoms. The predicted octanol–water partition coefficient (Wildman–Crippen LogP) is 3.64. The molecule has 1 fully saturated rings. The first-order valence-corrected chi connectivity index (χ1v) is 12.3. The third-order valence-electron chi connectivity index (χ3n) is 6.40. The molecule has 0 saturated carbocycles. The van der Waals surface area contributed by atoms with E-state index in [1.807, 2.05) is 0 Å². The molecule has 13 heteroatoms. The zero-order valence-corrected chi connectivity index (χ0v) is 21.8. The maximum atomic E-state index is 13.1. The van der Waals surface area contributed by atoms with Crippen LogP contribution in [0.3, 0.4) is 0 Å². The van der Waals surface area contributed by atoms with Crippen LogP contribution in [0, 0.1) is 5.92 Å². The fourth-order valence-electron chi connectivity index (χ4n) is 4.35. The van der Waals surface area contributed by atoms with Crippen molar-refractivity contribution in [3.8, 4) is 0 Å². The van der Waals surface area contributed by atoms with Crippen LogP contribution in [0.1, 0.15) is 53.1 Å². The van der Waals surface area contributed by atoms with Gasteiger partial charge in [-0.15, -0.1) is 0 Å². The van der Waals surface area contributed by atoms with Crippen molar-refractivity contribution in [3.05, 3.63) is 83.0 Å². The first kappa shape index (κ1) is 28.5. The summed E-state index contributed by atoms with van der Waals surface area (Å²) in [6.07, 6.45) is -4.66.